The number of rotatable bonds is 2. The normalized spacial score (nSPS) is 16.2. The van der Waals surface area contributed by atoms with E-state index < -0.39 is 5.97 Å². The monoisotopic (exact) mass is 277 g/mol. The number of benzene rings is 1. The van der Waals surface area contributed by atoms with Crippen molar-refractivity contribution < 1.29 is 13.9 Å². The van der Waals surface area contributed by atoms with Crippen LogP contribution in [0.25, 0.3) is 11.6 Å². The summed E-state index contributed by atoms with van der Waals surface area (Å²) >= 11 is 0. The molecule has 3 rings (SSSR count). The number of aryl methyl sites for hydroxylation is 1. The molecular formula is C17H11NO3. The van der Waals surface area contributed by atoms with Crippen LogP contribution in [0.2, 0.25) is 0 Å². The van der Waals surface area contributed by atoms with Crippen molar-refractivity contribution in [3.05, 3.63) is 70.9 Å². The maximum Gasteiger partial charge on any atom is 0.355 e. The number of cyclic esters (lactones) is 1. The molecule has 0 atom stereocenters. The van der Waals surface area contributed by atoms with Gasteiger partial charge < -0.3 is 9.15 Å². The van der Waals surface area contributed by atoms with E-state index in [2.05, 4.69) is 0 Å². The largest absolute Gasteiger partial charge is 0.465 e. The predicted molar refractivity (Wildman–Crippen MR) is 76.5 cm³/mol. The first-order valence-electron chi connectivity index (χ1n) is 6.38. The number of esters is 1. The summed E-state index contributed by atoms with van der Waals surface area (Å²) in [4.78, 5) is 11.8. The third-order valence-electron chi connectivity index (χ3n) is 3.17. The Labute approximate surface area is 121 Å². The van der Waals surface area contributed by atoms with Crippen molar-refractivity contribution >= 4 is 17.6 Å². The van der Waals surface area contributed by atoms with Gasteiger partial charge in [0, 0.05) is 11.6 Å². The van der Waals surface area contributed by atoms with E-state index in [1.807, 2.05) is 37.3 Å². The standard InChI is InChI=1S/C17H11NO3/c1-11-4-6-12(7-5-11)16-14(10-18)17(19)21-15(16)9-13-3-2-8-20-13/h2-9H,1H3/b15-9-. The number of nitrogens with zero attached hydrogens (tertiary/aromatic N) is 1. The van der Waals surface area contributed by atoms with Crippen molar-refractivity contribution in [2.24, 2.45) is 0 Å². The van der Waals surface area contributed by atoms with Gasteiger partial charge in [0.15, 0.2) is 0 Å². The fourth-order valence-electron chi connectivity index (χ4n) is 2.14. The number of allylic oxidation sites excluding steroid dienone is 1. The van der Waals surface area contributed by atoms with Gasteiger partial charge in [-0.25, -0.2) is 4.79 Å². The molecule has 0 aliphatic carbocycles. The summed E-state index contributed by atoms with van der Waals surface area (Å²) < 4.78 is 10.4. The first kappa shape index (κ1) is 12.9. The Morgan fingerprint density at radius 1 is 1.19 bits per heavy atom. The molecule has 102 valence electrons. The molecule has 1 aliphatic heterocycles. The molecule has 4 heteroatoms. The quantitative estimate of drug-likeness (QED) is 0.788. The van der Waals surface area contributed by atoms with Gasteiger partial charge in [0.25, 0.3) is 0 Å². The van der Waals surface area contributed by atoms with Crippen LogP contribution in [0.5, 0.6) is 0 Å². The van der Waals surface area contributed by atoms with Gasteiger partial charge >= 0.3 is 5.97 Å². The van der Waals surface area contributed by atoms with E-state index in [4.69, 9.17) is 9.15 Å². The fourth-order valence-corrected chi connectivity index (χ4v) is 2.14. The van der Waals surface area contributed by atoms with E-state index in [1.54, 1.807) is 18.2 Å². The van der Waals surface area contributed by atoms with Gasteiger partial charge in [0.1, 0.15) is 23.2 Å². The zero-order valence-corrected chi connectivity index (χ0v) is 11.3. The number of furan rings is 1. The molecule has 2 heterocycles. The highest BCUT2D eigenvalue weighted by Gasteiger charge is 2.31. The second kappa shape index (κ2) is 5.14. The van der Waals surface area contributed by atoms with Gasteiger partial charge in [-0.2, -0.15) is 5.26 Å². The third-order valence-corrected chi connectivity index (χ3v) is 3.17. The highest BCUT2D eigenvalue weighted by Crippen LogP contribution is 2.35. The van der Waals surface area contributed by atoms with Crippen molar-refractivity contribution in [1.29, 1.82) is 5.26 Å². The Bertz CT molecular complexity index is 788. The number of nitriles is 1. The lowest BCUT2D eigenvalue weighted by atomic mass is 9.99. The van der Waals surface area contributed by atoms with Crippen LogP contribution in [0.1, 0.15) is 16.9 Å². The van der Waals surface area contributed by atoms with Gasteiger partial charge in [-0.1, -0.05) is 29.8 Å². The molecule has 0 radical (unpaired) electrons. The molecule has 0 spiro atoms. The Balaban J connectivity index is 2.15. The van der Waals surface area contributed by atoms with Gasteiger partial charge in [-0.3, -0.25) is 0 Å². The maximum atomic E-state index is 11.8. The Hall–Kier alpha value is -3.06. The number of carbonyl (C=O) groups is 1. The van der Waals surface area contributed by atoms with Crippen LogP contribution in [-0.2, 0) is 9.53 Å². The SMILES string of the molecule is Cc1ccc(C2=C(C#N)C(=O)O/C2=C\c2ccco2)cc1. The minimum absolute atomic E-state index is 0.0108. The molecule has 1 aromatic carbocycles. The van der Waals surface area contributed by atoms with Crippen molar-refractivity contribution in [1.82, 2.24) is 0 Å². The molecule has 0 saturated heterocycles. The van der Waals surface area contributed by atoms with Crippen LogP contribution < -0.4 is 0 Å². The van der Waals surface area contributed by atoms with Gasteiger partial charge in [-0.05, 0) is 24.6 Å². The summed E-state index contributed by atoms with van der Waals surface area (Å²) in [5.41, 5.74) is 2.37. The number of hydrogen-bond acceptors (Lipinski definition) is 4. The topological polar surface area (TPSA) is 63.2 Å². The average Bonchev–Trinajstić information content (AvgIpc) is 3.08. The molecule has 1 aliphatic rings. The van der Waals surface area contributed by atoms with E-state index in [1.165, 1.54) is 6.26 Å². The van der Waals surface area contributed by atoms with E-state index in [-0.39, 0.29) is 5.57 Å². The zero-order chi connectivity index (χ0) is 14.8. The Morgan fingerprint density at radius 2 is 1.95 bits per heavy atom. The van der Waals surface area contributed by atoms with Crippen molar-refractivity contribution in [3.63, 3.8) is 0 Å². The molecule has 0 fully saturated rings. The van der Waals surface area contributed by atoms with Gasteiger partial charge in [-0.15, -0.1) is 0 Å². The fraction of sp³-hybridized carbons (Fsp3) is 0.0588. The molecular weight excluding hydrogens is 266 g/mol. The summed E-state index contributed by atoms with van der Waals surface area (Å²) in [5.74, 6) is 0.253. The molecule has 0 N–H and O–H groups in total. The Morgan fingerprint density at radius 3 is 2.57 bits per heavy atom. The van der Waals surface area contributed by atoms with Crippen LogP contribution in [0.15, 0.2) is 58.4 Å². The van der Waals surface area contributed by atoms with Crippen molar-refractivity contribution in [2.75, 3.05) is 0 Å². The molecule has 0 saturated carbocycles. The molecule has 21 heavy (non-hydrogen) atoms. The van der Waals surface area contributed by atoms with Crippen LogP contribution in [0, 0.1) is 18.3 Å². The minimum Gasteiger partial charge on any atom is -0.465 e. The number of hydrogen-bond donors (Lipinski definition) is 0. The lowest BCUT2D eigenvalue weighted by Crippen LogP contribution is -1.96. The van der Waals surface area contributed by atoms with Gasteiger partial charge in [0.05, 0.1) is 6.26 Å². The van der Waals surface area contributed by atoms with E-state index in [0.29, 0.717) is 17.1 Å². The average molecular weight is 277 g/mol. The molecule has 0 bridgehead atoms. The van der Waals surface area contributed by atoms with Crippen molar-refractivity contribution in [3.8, 4) is 6.07 Å². The molecule has 1 aromatic heterocycles. The maximum absolute atomic E-state index is 11.8. The molecule has 4 nitrogen and oxygen atoms in total. The summed E-state index contributed by atoms with van der Waals surface area (Å²) in [7, 11) is 0. The van der Waals surface area contributed by atoms with Crippen LogP contribution >= 0.6 is 0 Å². The summed E-state index contributed by atoms with van der Waals surface area (Å²) in [6.07, 6.45) is 3.14. The van der Waals surface area contributed by atoms with Gasteiger partial charge in [0.2, 0.25) is 0 Å². The van der Waals surface area contributed by atoms with Crippen LogP contribution in [0.4, 0.5) is 0 Å². The second-order valence-corrected chi connectivity index (χ2v) is 4.64. The first-order chi connectivity index (χ1) is 10.2. The molecule has 2 aromatic rings. The van der Waals surface area contributed by atoms with Crippen LogP contribution in [-0.4, -0.2) is 5.97 Å². The second-order valence-electron chi connectivity index (χ2n) is 4.64. The van der Waals surface area contributed by atoms with E-state index in [0.717, 1.165) is 11.1 Å². The lowest BCUT2D eigenvalue weighted by molar-refractivity contribution is -0.132. The highest BCUT2D eigenvalue weighted by molar-refractivity contribution is 6.11. The van der Waals surface area contributed by atoms with Crippen LogP contribution in [0.3, 0.4) is 0 Å². The predicted octanol–water partition coefficient (Wildman–Crippen LogP) is 3.46. The third kappa shape index (κ3) is 2.37. The Kier molecular flexibility index (Phi) is 3.17. The zero-order valence-electron chi connectivity index (χ0n) is 11.3. The molecule has 0 amide bonds. The summed E-state index contributed by atoms with van der Waals surface area (Å²) in [5, 5.41) is 9.21. The number of carbonyl (C=O) groups excluding carboxylic acids is 1. The summed E-state index contributed by atoms with van der Waals surface area (Å²) in [6, 6.07) is 13.0. The minimum atomic E-state index is -0.633. The van der Waals surface area contributed by atoms with E-state index in [9.17, 15) is 10.1 Å². The number of ether oxygens (including phenoxy) is 1. The van der Waals surface area contributed by atoms with Crippen molar-refractivity contribution in [2.45, 2.75) is 6.92 Å². The first-order valence-corrected chi connectivity index (χ1v) is 6.38. The summed E-state index contributed by atoms with van der Waals surface area (Å²) in [6.45, 7) is 1.97. The smallest absolute Gasteiger partial charge is 0.355 e. The lowest BCUT2D eigenvalue weighted by Gasteiger charge is -2.04. The molecule has 0 unspecified atom stereocenters. The highest BCUT2D eigenvalue weighted by atomic mass is 16.5. The van der Waals surface area contributed by atoms with E-state index >= 15 is 0 Å².